The van der Waals surface area contributed by atoms with E-state index in [-0.39, 0.29) is 11.6 Å². The maximum atomic E-state index is 13.8. The SMILES string of the molecule is C/C=C\C(F)=C/c1ccc(-c2ccc(N(C)c3ccc(/C(C)=C/c4ccc(F)cc4C)cc3C)c(C)c2)[nH]1. The highest BCUT2D eigenvalue weighted by atomic mass is 19.1. The van der Waals surface area contributed by atoms with E-state index < -0.39 is 0 Å². The number of rotatable bonds is 7. The van der Waals surface area contributed by atoms with Crippen molar-refractivity contribution in [3.63, 3.8) is 0 Å². The van der Waals surface area contributed by atoms with Crippen molar-refractivity contribution in [1.82, 2.24) is 4.98 Å². The number of aryl methyl sites for hydroxylation is 3. The van der Waals surface area contributed by atoms with Gasteiger partial charge in [-0.1, -0.05) is 30.4 Å². The third-order valence-electron chi connectivity index (χ3n) is 6.81. The Morgan fingerprint density at radius 1 is 0.816 bits per heavy atom. The maximum absolute atomic E-state index is 13.8. The number of aromatic amines is 1. The van der Waals surface area contributed by atoms with Crippen molar-refractivity contribution in [3.05, 3.63) is 124 Å². The first-order valence-electron chi connectivity index (χ1n) is 12.8. The number of H-pyrrole nitrogens is 1. The Balaban J connectivity index is 1.56. The lowest BCUT2D eigenvalue weighted by molar-refractivity contribution is 0.626. The quantitative estimate of drug-likeness (QED) is 0.194. The average Bonchev–Trinajstić information content (AvgIpc) is 3.33. The zero-order valence-electron chi connectivity index (χ0n) is 22.9. The van der Waals surface area contributed by atoms with Gasteiger partial charge >= 0.3 is 0 Å². The molecule has 0 saturated carbocycles. The Labute approximate surface area is 224 Å². The zero-order valence-corrected chi connectivity index (χ0v) is 22.9. The largest absolute Gasteiger partial charge is 0.355 e. The summed E-state index contributed by atoms with van der Waals surface area (Å²) in [5.74, 6) is -0.499. The van der Waals surface area contributed by atoms with Crippen LogP contribution in [0.15, 0.2) is 84.7 Å². The van der Waals surface area contributed by atoms with Crippen LogP contribution in [0.1, 0.15) is 47.4 Å². The molecular formula is C34H34F2N2. The molecule has 0 aliphatic heterocycles. The van der Waals surface area contributed by atoms with Crippen LogP contribution in [0.3, 0.4) is 0 Å². The summed E-state index contributed by atoms with van der Waals surface area (Å²) in [6.45, 7) is 10.0. The molecule has 4 aromatic rings. The van der Waals surface area contributed by atoms with Crippen molar-refractivity contribution in [2.75, 3.05) is 11.9 Å². The predicted molar refractivity (Wildman–Crippen MR) is 159 cm³/mol. The lowest BCUT2D eigenvalue weighted by Gasteiger charge is -2.24. The average molecular weight is 509 g/mol. The summed E-state index contributed by atoms with van der Waals surface area (Å²) in [4.78, 5) is 5.49. The Morgan fingerprint density at radius 3 is 2.18 bits per heavy atom. The predicted octanol–water partition coefficient (Wildman–Crippen LogP) is 9.96. The minimum atomic E-state index is -0.285. The molecule has 2 nitrogen and oxygen atoms in total. The monoisotopic (exact) mass is 508 g/mol. The van der Waals surface area contributed by atoms with E-state index >= 15 is 0 Å². The number of nitrogens with one attached hydrogen (secondary N) is 1. The minimum absolute atomic E-state index is 0.214. The molecular weight excluding hydrogens is 474 g/mol. The van der Waals surface area contributed by atoms with Gasteiger partial charge in [-0.25, -0.2) is 8.78 Å². The molecule has 4 rings (SSSR count). The van der Waals surface area contributed by atoms with Crippen LogP contribution in [0.5, 0.6) is 0 Å². The highest BCUT2D eigenvalue weighted by Crippen LogP contribution is 2.34. The van der Waals surface area contributed by atoms with Crippen molar-refractivity contribution in [3.8, 4) is 11.3 Å². The zero-order chi connectivity index (χ0) is 27.4. The number of halogens is 2. The van der Waals surface area contributed by atoms with Gasteiger partial charge in [-0.15, -0.1) is 0 Å². The van der Waals surface area contributed by atoms with Crippen molar-refractivity contribution in [1.29, 1.82) is 0 Å². The second kappa shape index (κ2) is 11.5. The van der Waals surface area contributed by atoms with Crippen LogP contribution in [-0.4, -0.2) is 12.0 Å². The molecule has 194 valence electrons. The fraction of sp³-hybridized carbons (Fsp3) is 0.176. The molecule has 0 unspecified atom stereocenters. The van der Waals surface area contributed by atoms with Crippen molar-refractivity contribution >= 4 is 29.1 Å². The van der Waals surface area contributed by atoms with Crippen LogP contribution in [0, 0.1) is 26.6 Å². The van der Waals surface area contributed by atoms with Crippen molar-refractivity contribution in [2.45, 2.75) is 34.6 Å². The van der Waals surface area contributed by atoms with E-state index in [1.807, 2.05) is 25.1 Å². The number of hydrogen-bond acceptors (Lipinski definition) is 1. The molecule has 0 radical (unpaired) electrons. The van der Waals surface area contributed by atoms with Gasteiger partial charge in [0.05, 0.1) is 0 Å². The molecule has 1 heterocycles. The van der Waals surface area contributed by atoms with E-state index in [1.54, 1.807) is 19.1 Å². The smallest absolute Gasteiger partial charge is 0.124 e. The number of nitrogens with zero attached hydrogens (tertiary/aromatic N) is 1. The molecule has 38 heavy (non-hydrogen) atoms. The standard InChI is InChI=1S/C34H34F2N2/c1-7-8-29(35)21-31-13-14-32(37-31)28-11-16-34(25(5)19-28)38(6)33-15-10-27(18-24(33)4)22(2)17-26-9-12-30(36)20-23(26)3/h7-21,37H,1-6H3/b8-7-,22-17+,29-21+. The molecule has 0 aliphatic carbocycles. The summed E-state index contributed by atoms with van der Waals surface area (Å²) < 4.78 is 27.3. The summed E-state index contributed by atoms with van der Waals surface area (Å²) in [5, 5.41) is 0. The fourth-order valence-electron chi connectivity index (χ4n) is 4.74. The fourth-order valence-corrected chi connectivity index (χ4v) is 4.74. The van der Waals surface area contributed by atoms with Crippen LogP contribution in [-0.2, 0) is 0 Å². The molecule has 0 bridgehead atoms. The second-order valence-corrected chi connectivity index (χ2v) is 9.75. The first kappa shape index (κ1) is 26.9. The lowest BCUT2D eigenvalue weighted by atomic mass is 9.99. The minimum Gasteiger partial charge on any atom is -0.355 e. The number of allylic oxidation sites excluding steroid dienone is 4. The molecule has 0 atom stereocenters. The van der Waals surface area contributed by atoms with Crippen LogP contribution < -0.4 is 4.90 Å². The summed E-state index contributed by atoms with van der Waals surface area (Å²) in [6, 6.07) is 21.6. The third kappa shape index (κ3) is 6.03. The van der Waals surface area contributed by atoms with E-state index in [0.717, 1.165) is 56.2 Å². The van der Waals surface area contributed by atoms with Crippen molar-refractivity contribution in [2.24, 2.45) is 0 Å². The van der Waals surface area contributed by atoms with Gasteiger partial charge in [0.15, 0.2) is 0 Å². The van der Waals surface area contributed by atoms with Gasteiger partial charge in [0.25, 0.3) is 0 Å². The van der Waals surface area contributed by atoms with E-state index in [9.17, 15) is 8.78 Å². The molecule has 0 spiro atoms. The van der Waals surface area contributed by atoms with Crippen LogP contribution >= 0.6 is 0 Å². The van der Waals surface area contributed by atoms with Crippen LogP contribution in [0.4, 0.5) is 20.2 Å². The molecule has 0 saturated heterocycles. The topological polar surface area (TPSA) is 19.0 Å². The normalized spacial score (nSPS) is 12.4. The molecule has 0 aliphatic rings. The number of benzene rings is 3. The number of hydrogen-bond donors (Lipinski definition) is 1. The summed E-state index contributed by atoms with van der Waals surface area (Å²) in [6.07, 6.45) is 6.71. The van der Waals surface area contributed by atoms with E-state index in [0.29, 0.717) is 0 Å². The number of anilines is 2. The van der Waals surface area contributed by atoms with Crippen molar-refractivity contribution < 1.29 is 8.78 Å². The van der Waals surface area contributed by atoms with Gasteiger partial charge in [-0.3, -0.25) is 0 Å². The molecule has 3 aromatic carbocycles. The summed E-state index contributed by atoms with van der Waals surface area (Å²) in [5.41, 5.74) is 11.5. The Kier molecular flexibility index (Phi) is 8.11. The first-order chi connectivity index (χ1) is 18.2. The van der Waals surface area contributed by atoms with E-state index in [4.69, 9.17) is 0 Å². The summed E-state index contributed by atoms with van der Waals surface area (Å²) in [7, 11) is 2.08. The summed E-state index contributed by atoms with van der Waals surface area (Å²) >= 11 is 0. The van der Waals surface area contributed by atoms with Crippen LogP contribution in [0.25, 0.3) is 29.0 Å². The van der Waals surface area contributed by atoms with Gasteiger partial charge < -0.3 is 9.88 Å². The third-order valence-corrected chi connectivity index (χ3v) is 6.81. The Morgan fingerprint density at radius 2 is 1.53 bits per heavy atom. The number of aromatic nitrogens is 1. The first-order valence-corrected chi connectivity index (χ1v) is 12.8. The van der Waals surface area contributed by atoms with Gasteiger partial charge in [0.1, 0.15) is 11.6 Å². The Bertz CT molecular complexity index is 1550. The van der Waals surface area contributed by atoms with E-state index in [2.05, 4.69) is 80.2 Å². The van der Waals surface area contributed by atoms with Gasteiger partial charge in [0, 0.05) is 29.8 Å². The lowest BCUT2D eigenvalue weighted by Crippen LogP contribution is -2.12. The van der Waals surface area contributed by atoms with Gasteiger partial charge in [-0.2, -0.15) is 0 Å². The maximum Gasteiger partial charge on any atom is 0.124 e. The molecule has 4 heteroatoms. The molecule has 0 fully saturated rings. The second-order valence-electron chi connectivity index (χ2n) is 9.75. The Hall–Kier alpha value is -4.18. The van der Waals surface area contributed by atoms with Gasteiger partial charge in [-0.05, 0) is 134 Å². The molecule has 1 N–H and O–H groups in total. The molecule has 0 amide bonds. The van der Waals surface area contributed by atoms with Gasteiger partial charge in [0.2, 0.25) is 0 Å². The molecule has 1 aromatic heterocycles. The van der Waals surface area contributed by atoms with Crippen LogP contribution in [0.2, 0.25) is 0 Å². The van der Waals surface area contributed by atoms with E-state index in [1.165, 1.54) is 23.8 Å². The highest BCUT2D eigenvalue weighted by molar-refractivity contribution is 5.83. The highest BCUT2D eigenvalue weighted by Gasteiger charge is 2.12.